The number of hydrogen-bond donors (Lipinski definition) is 1. The highest BCUT2D eigenvalue weighted by Crippen LogP contribution is 2.41. The molecule has 25 heavy (non-hydrogen) atoms. The molecule has 3 heterocycles. The Balaban J connectivity index is 2.01. The van der Waals surface area contributed by atoms with Gasteiger partial charge in [-0.3, -0.25) is 0 Å². The first-order chi connectivity index (χ1) is 12.0. The van der Waals surface area contributed by atoms with Crippen LogP contribution in [0.1, 0.15) is 23.3 Å². The smallest absolute Gasteiger partial charge is 0.338 e. The molecule has 3 rings (SSSR count). The number of carbonyl (C=O) groups is 1. The average Bonchev–Trinajstić information content (AvgIpc) is 3.26. The number of esters is 1. The molecule has 1 atom stereocenters. The van der Waals surface area contributed by atoms with Gasteiger partial charge < -0.3 is 15.2 Å². The van der Waals surface area contributed by atoms with Crippen molar-refractivity contribution >= 4 is 17.3 Å². The number of ether oxygens (including phenoxy) is 2. The molecule has 2 N–H and O–H groups in total. The van der Waals surface area contributed by atoms with Crippen LogP contribution in [0, 0.1) is 11.3 Å². The normalized spacial score (nSPS) is 17.2. The monoisotopic (exact) mass is 357 g/mol. The van der Waals surface area contributed by atoms with Gasteiger partial charge in [0.05, 0.1) is 25.1 Å². The number of allylic oxidation sites excluding steroid dienone is 2. The number of nitriles is 1. The summed E-state index contributed by atoms with van der Waals surface area (Å²) in [6.45, 7) is 2.17. The maximum absolute atomic E-state index is 12.2. The number of methoxy groups -OCH3 is 1. The number of rotatable bonds is 4. The molecule has 0 spiro atoms. The average molecular weight is 357 g/mol. The van der Waals surface area contributed by atoms with Gasteiger partial charge in [0.1, 0.15) is 30.1 Å². The molecule has 0 aliphatic carbocycles. The molecule has 1 aliphatic rings. The zero-order valence-electron chi connectivity index (χ0n) is 13.6. The summed E-state index contributed by atoms with van der Waals surface area (Å²) in [5.74, 6) is -0.821. The highest BCUT2D eigenvalue weighted by atomic mass is 32.1. The quantitative estimate of drug-likeness (QED) is 0.827. The van der Waals surface area contributed by atoms with Gasteiger partial charge >= 0.3 is 5.97 Å². The molecule has 0 unspecified atom stereocenters. The Morgan fingerprint density at radius 2 is 2.40 bits per heavy atom. The summed E-state index contributed by atoms with van der Waals surface area (Å²) in [6.07, 6.45) is 3.08. The van der Waals surface area contributed by atoms with Gasteiger partial charge in [-0.15, -0.1) is 11.3 Å². The lowest BCUT2D eigenvalue weighted by atomic mass is 9.87. The van der Waals surface area contributed by atoms with Gasteiger partial charge in [-0.25, -0.2) is 14.5 Å². The number of thiophene rings is 1. The van der Waals surface area contributed by atoms with E-state index in [0.29, 0.717) is 12.3 Å². The molecule has 2 aromatic heterocycles. The number of aromatic nitrogens is 3. The number of hydrogen-bond acceptors (Lipinski definition) is 8. The van der Waals surface area contributed by atoms with Crippen LogP contribution < -0.4 is 5.73 Å². The van der Waals surface area contributed by atoms with Gasteiger partial charge in [0, 0.05) is 4.88 Å². The topological polar surface area (TPSA) is 116 Å². The zero-order valence-corrected chi connectivity index (χ0v) is 14.4. The van der Waals surface area contributed by atoms with E-state index < -0.39 is 11.9 Å². The molecule has 0 radical (unpaired) electrons. The Morgan fingerprint density at radius 3 is 3.04 bits per heavy atom. The van der Waals surface area contributed by atoms with E-state index in [1.54, 1.807) is 17.9 Å². The SMILES string of the molecule is COC(=O)C1=C(C)OC(N)=C(C#N)[C@@H]1c1cc(Cn2cncn2)cs1. The van der Waals surface area contributed by atoms with E-state index in [0.717, 1.165) is 10.4 Å². The van der Waals surface area contributed by atoms with Crippen LogP contribution in [0.4, 0.5) is 0 Å². The van der Waals surface area contributed by atoms with Gasteiger partial charge in [0.2, 0.25) is 5.88 Å². The lowest BCUT2D eigenvalue weighted by Crippen LogP contribution is -2.24. The summed E-state index contributed by atoms with van der Waals surface area (Å²) in [7, 11) is 1.29. The molecule has 0 fully saturated rings. The molecule has 0 saturated heterocycles. The van der Waals surface area contributed by atoms with Gasteiger partial charge in [-0.2, -0.15) is 10.4 Å². The summed E-state index contributed by atoms with van der Waals surface area (Å²) < 4.78 is 11.9. The first-order valence-corrected chi connectivity index (χ1v) is 8.19. The highest BCUT2D eigenvalue weighted by Gasteiger charge is 2.36. The van der Waals surface area contributed by atoms with Crippen molar-refractivity contribution in [3.8, 4) is 6.07 Å². The Labute approximate surface area is 147 Å². The molecule has 0 bridgehead atoms. The van der Waals surface area contributed by atoms with Crippen molar-refractivity contribution in [1.29, 1.82) is 5.26 Å². The Kier molecular flexibility index (Phi) is 4.54. The first kappa shape index (κ1) is 16.7. The fraction of sp³-hybridized carbons (Fsp3) is 0.250. The van der Waals surface area contributed by atoms with E-state index in [1.807, 2.05) is 11.4 Å². The number of nitrogens with two attached hydrogens (primary N) is 1. The van der Waals surface area contributed by atoms with Crippen LogP contribution in [-0.4, -0.2) is 27.8 Å². The van der Waals surface area contributed by atoms with Crippen molar-refractivity contribution in [2.45, 2.75) is 19.4 Å². The van der Waals surface area contributed by atoms with Crippen LogP contribution in [-0.2, 0) is 20.8 Å². The van der Waals surface area contributed by atoms with Gasteiger partial charge in [0.25, 0.3) is 0 Å². The Hall–Kier alpha value is -3.12. The van der Waals surface area contributed by atoms with Gasteiger partial charge in [-0.1, -0.05) is 0 Å². The molecule has 0 aromatic carbocycles. The Morgan fingerprint density at radius 1 is 1.60 bits per heavy atom. The van der Waals surface area contributed by atoms with E-state index in [4.69, 9.17) is 15.2 Å². The van der Waals surface area contributed by atoms with Crippen LogP contribution in [0.25, 0.3) is 0 Å². The molecule has 128 valence electrons. The maximum atomic E-state index is 12.2. The fourth-order valence-electron chi connectivity index (χ4n) is 2.67. The van der Waals surface area contributed by atoms with Crippen molar-refractivity contribution < 1.29 is 14.3 Å². The molecule has 2 aromatic rings. The minimum Gasteiger partial charge on any atom is -0.466 e. The third kappa shape index (κ3) is 3.12. The summed E-state index contributed by atoms with van der Waals surface area (Å²) >= 11 is 1.43. The van der Waals surface area contributed by atoms with Crippen molar-refractivity contribution in [3.05, 3.63) is 57.3 Å². The number of carbonyl (C=O) groups excluding carboxylic acids is 1. The Bertz CT molecular complexity index is 905. The van der Waals surface area contributed by atoms with Crippen LogP contribution in [0.2, 0.25) is 0 Å². The molecular weight excluding hydrogens is 342 g/mol. The van der Waals surface area contributed by atoms with Crippen LogP contribution >= 0.6 is 11.3 Å². The minimum atomic E-state index is -0.610. The second kappa shape index (κ2) is 6.78. The summed E-state index contributed by atoms with van der Waals surface area (Å²) in [4.78, 5) is 17.0. The van der Waals surface area contributed by atoms with Crippen molar-refractivity contribution in [2.24, 2.45) is 5.73 Å². The summed E-state index contributed by atoms with van der Waals surface area (Å²) in [6, 6.07) is 3.97. The maximum Gasteiger partial charge on any atom is 0.338 e. The standard InChI is InChI=1S/C16H15N5O3S/c1-9-13(16(22)23-2)14(11(4-17)15(18)24-9)12-3-10(6-25-12)5-21-8-19-7-20-21/h3,6-8,14H,5,18H2,1-2H3/t14-/m1/s1. The molecule has 8 nitrogen and oxygen atoms in total. The summed E-state index contributed by atoms with van der Waals surface area (Å²) in [5, 5.41) is 15.5. The molecular formula is C16H15N5O3S. The first-order valence-electron chi connectivity index (χ1n) is 7.31. The second-order valence-electron chi connectivity index (χ2n) is 5.34. The number of nitrogens with zero attached hydrogens (tertiary/aromatic N) is 4. The van der Waals surface area contributed by atoms with E-state index in [2.05, 4.69) is 16.2 Å². The molecule has 9 heteroatoms. The molecule has 0 amide bonds. The summed E-state index contributed by atoms with van der Waals surface area (Å²) in [5.41, 5.74) is 7.31. The molecule has 0 saturated carbocycles. The van der Waals surface area contributed by atoms with E-state index in [1.165, 1.54) is 24.8 Å². The second-order valence-corrected chi connectivity index (χ2v) is 6.28. The van der Waals surface area contributed by atoms with E-state index in [-0.39, 0.29) is 17.0 Å². The van der Waals surface area contributed by atoms with E-state index in [9.17, 15) is 10.1 Å². The van der Waals surface area contributed by atoms with Crippen molar-refractivity contribution in [2.75, 3.05) is 7.11 Å². The van der Waals surface area contributed by atoms with Gasteiger partial charge in [0.15, 0.2) is 0 Å². The predicted octanol–water partition coefficient (Wildman–Crippen LogP) is 1.64. The van der Waals surface area contributed by atoms with Crippen molar-refractivity contribution in [1.82, 2.24) is 14.8 Å². The third-order valence-electron chi connectivity index (χ3n) is 3.78. The predicted molar refractivity (Wildman–Crippen MR) is 88.8 cm³/mol. The minimum absolute atomic E-state index is 0.00359. The largest absolute Gasteiger partial charge is 0.466 e. The highest BCUT2D eigenvalue weighted by molar-refractivity contribution is 7.10. The zero-order chi connectivity index (χ0) is 18.0. The fourth-order valence-corrected chi connectivity index (χ4v) is 3.69. The van der Waals surface area contributed by atoms with E-state index >= 15 is 0 Å². The lowest BCUT2D eigenvalue weighted by Gasteiger charge is -2.25. The molecule has 1 aliphatic heterocycles. The van der Waals surface area contributed by atoms with Crippen LogP contribution in [0.15, 0.2) is 46.9 Å². The van der Waals surface area contributed by atoms with Crippen LogP contribution in [0.3, 0.4) is 0 Å². The lowest BCUT2D eigenvalue weighted by molar-refractivity contribution is -0.136. The third-order valence-corrected chi connectivity index (χ3v) is 4.83. The van der Waals surface area contributed by atoms with Crippen LogP contribution in [0.5, 0.6) is 0 Å². The van der Waals surface area contributed by atoms with Crippen molar-refractivity contribution in [3.63, 3.8) is 0 Å². The van der Waals surface area contributed by atoms with Gasteiger partial charge in [-0.05, 0) is 23.9 Å².